The average molecular weight is 710 g/mol. The lowest BCUT2D eigenvalue weighted by Crippen LogP contribution is -2.48. The summed E-state index contributed by atoms with van der Waals surface area (Å²) in [6, 6.07) is 6.40. The zero-order valence-corrected chi connectivity index (χ0v) is 29.7. The SMILES string of the molecule is C=C[C@H]1C[C@]1(CC(=O)C1C[C@@H]2CN1C(=O)[C@H](C(C)(C)C)CC(=O)OCCCC[C@H](O)c1ccc3ccnc(c3c1)O2)C(=O)NS(=O)(=O)C1CC1. The molecule has 1 aromatic heterocycles. The van der Waals surface area contributed by atoms with E-state index in [0.29, 0.717) is 48.9 Å². The van der Waals surface area contributed by atoms with Crippen LogP contribution in [0.5, 0.6) is 5.88 Å². The highest BCUT2D eigenvalue weighted by Crippen LogP contribution is 2.57. The van der Waals surface area contributed by atoms with Gasteiger partial charge in [0, 0.05) is 24.4 Å². The lowest BCUT2D eigenvalue weighted by atomic mass is 9.77. The number of nitrogens with zero attached hydrogens (tertiary/aromatic N) is 2. The molecule has 4 aliphatic rings. The predicted octanol–water partition coefficient (Wildman–Crippen LogP) is 4.16. The van der Waals surface area contributed by atoms with Gasteiger partial charge in [0.2, 0.25) is 27.7 Å². The second-order valence-electron chi connectivity index (χ2n) is 15.5. The topological polar surface area (TPSA) is 169 Å². The summed E-state index contributed by atoms with van der Waals surface area (Å²) < 4.78 is 39.6. The number of carbonyl (C=O) groups is 4. The second kappa shape index (κ2) is 13.7. The number of hydrogen-bond donors (Lipinski definition) is 2. The third-order valence-electron chi connectivity index (χ3n) is 10.7. The number of rotatable bonds is 7. The first kappa shape index (κ1) is 36.0. The molecule has 2 N–H and O–H groups in total. The van der Waals surface area contributed by atoms with Crippen LogP contribution < -0.4 is 9.46 Å². The van der Waals surface area contributed by atoms with Crippen LogP contribution in [-0.4, -0.2) is 77.5 Å². The van der Waals surface area contributed by atoms with Crippen LogP contribution in [-0.2, 0) is 33.9 Å². The minimum Gasteiger partial charge on any atom is -0.472 e. The minimum atomic E-state index is -3.85. The second-order valence-corrected chi connectivity index (χ2v) is 17.4. The van der Waals surface area contributed by atoms with Gasteiger partial charge in [-0.2, -0.15) is 0 Å². The van der Waals surface area contributed by atoms with Gasteiger partial charge in [-0.3, -0.25) is 23.9 Å². The molecule has 2 aliphatic heterocycles. The summed E-state index contributed by atoms with van der Waals surface area (Å²) in [6.07, 6.45) is 4.22. The molecule has 1 saturated heterocycles. The van der Waals surface area contributed by atoms with E-state index in [2.05, 4.69) is 16.3 Å². The summed E-state index contributed by atoms with van der Waals surface area (Å²) in [4.78, 5) is 61.3. The average Bonchev–Trinajstić information content (AvgIpc) is 3.99. The molecule has 2 saturated carbocycles. The number of amides is 2. The molecule has 6 rings (SSSR count). The Bertz CT molecular complexity index is 1800. The lowest BCUT2D eigenvalue weighted by Gasteiger charge is -2.34. The van der Waals surface area contributed by atoms with Gasteiger partial charge in [-0.15, -0.1) is 6.58 Å². The molecule has 1 unspecified atom stereocenters. The Balaban J connectivity index is 1.33. The van der Waals surface area contributed by atoms with Crippen molar-refractivity contribution < 1.29 is 42.2 Å². The van der Waals surface area contributed by atoms with Gasteiger partial charge in [-0.1, -0.05) is 39.0 Å². The van der Waals surface area contributed by atoms with Crippen LogP contribution in [0.4, 0.5) is 0 Å². The van der Waals surface area contributed by atoms with Crippen molar-refractivity contribution in [2.75, 3.05) is 13.2 Å². The molecule has 2 aromatic rings. The number of nitrogens with one attached hydrogen (secondary N) is 1. The van der Waals surface area contributed by atoms with Crippen LogP contribution in [0, 0.1) is 22.7 Å². The fraction of sp³-hybridized carbons (Fsp3) is 0.595. The molecule has 6 atom stereocenters. The molecule has 3 heterocycles. The molecule has 1 aromatic carbocycles. The molecular formula is C37H47N3O9S. The Labute approximate surface area is 293 Å². The van der Waals surface area contributed by atoms with Gasteiger partial charge in [-0.05, 0) is 72.9 Å². The van der Waals surface area contributed by atoms with E-state index in [1.54, 1.807) is 12.3 Å². The first-order valence-corrected chi connectivity index (χ1v) is 19.1. The number of fused-ring (bicyclic) bond motifs is 3. The van der Waals surface area contributed by atoms with Crippen LogP contribution in [0.25, 0.3) is 10.8 Å². The Kier molecular flexibility index (Phi) is 9.86. The van der Waals surface area contributed by atoms with Crippen LogP contribution in [0.15, 0.2) is 43.1 Å². The maximum absolute atomic E-state index is 14.5. The number of allylic oxidation sites excluding steroid dienone is 1. The van der Waals surface area contributed by atoms with E-state index in [-0.39, 0.29) is 38.8 Å². The first-order valence-electron chi connectivity index (χ1n) is 17.5. The molecule has 2 aliphatic carbocycles. The van der Waals surface area contributed by atoms with Gasteiger partial charge >= 0.3 is 5.97 Å². The molecule has 0 spiro atoms. The van der Waals surface area contributed by atoms with Crippen molar-refractivity contribution in [2.45, 2.75) is 102 Å². The van der Waals surface area contributed by atoms with E-state index in [0.717, 1.165) is 5.39 Å². The molecular weight excluding hydrogens is 662 g/mol. The number of sulfonamides is 1. The van der Waals surface area contributed by atoms with Gasteiger partial charge in [0.05, 0.1) is 48.3 Å². The molecule has 13 heteroatoms. The number of esters is 1. The molecule has 2 amide bonds. The molecule has 4 bridgehead atoms. The third kappa shape index (κ3) is 7.44. The number of benzene rings is 1. The normalized spacial score (nSPS) is 29.4. The summed E-state index contributed by atoms with van der Waals surface area (Å²) >= 11 is 0. The van der Waals surface area contributed by atoms with Crippen LogP contribution in [0.2, 0.25) is 0 Å². The first-order chi connectivity index (χ1) is 23.6. The van der Waals surface area contributed by atoms with Crippen molar-refractivity contribution in [1.82, 2.24) is 14.6 Å². The van der Waals surface area contributed by atoms with E-state index in [4.69, 9.17) is 9.47 Å². The number of aromatic nitrogens is 1. The highest BCUT2D eigenvalue weighted by molar-refractivity contribution is 7.90. The maximum Gasteiger partial charge on any atom is 0.306 e. The third-order valence-corrected chi connectivity index (χ3v) is 12.6. The van der Waals surface area contributed by atoms with Crippen LogP contribution in [0.1, 0.15) is 90.2 Å². The Morgan fingerprint density at radius 3 is 2.60 bits per heavy atom. The number of carbonyl (C=O) groups excluding carboxylic acids is 4. The number of ketones is 1. The van der Waals surface area contributed by atoms with E-state index >= 15 is 0 Å². The molecule has 3 fully saturated rings. The number of cyclic esters (lactones) is 1. The number of ether oxygens (including phenoxy) is 2. The summed E-state index contributed by atoms with van der Waals surface area (Å²) in [5.41, 5.74) is -1.28. The number of aliphatic hydroxyl groups excluding tert-OH is 1. The van der Waals surface area contributed by atoms with Crippen molar-refractivity contribution in [2.24, 2.45) is 22.7 Å². The van der Waals surface area contributed by atoms with Crippen molar-refractivity contribution in [1.29, 1.82) is 0 Å². The van der Waals surface area contributed by atoms with E-state index in [1.165, 1.54) is 4.90 Å². The Morgan fingerprint density at radius 2 is 1.92 bits per heavy atom. The predicted molar refractivity (Wildman–Crippen MR) is 184 cm³/mol. The lowest BCUT2D eigenvalue weighted by molar-refractivity contribution is -0.153. The van der Waals surface area contributed by atoms with Crippen LogP contribution >= 0.6 is 0 Å². The highest BCUT2D eigenvalue weighted by atomic mass is 32.2. The van der Waals surface area contributed by atoms with E-state index in [1.807, 2.05) is 45.0 Å². The summed E-state index contributed by atoms with van der Waals surface area (Å²) in [5.74, 6) is -2.98. The van der Waals surface area contributed by atoms with Gasteiger partial charge in [-0.25, -0.2) is 13.4 Å². The van der Waals surface area contributed by atoms with Gasteiger partial charge in [0.15, 0.2) is 5.78 Å². The largest absolute Gasteiger partial charge is 0.472 e. The summed E-state index contributed by atoms with van der Waals surface area (Å²) in [6.45, 7) is 9.54. The Morgan fingerprint density at radius 1 is 1.16 bits per heavy atom. The number of hydrogen-bond acceptors (Lipinski definition) is 10. The number of Topliss-reactive ketones (excluding diaryl/α,β-unsaturated/α-hetero) is 1. The highest BCUT2D eigenvalue weighted by Gasteiger charge is 2.61. The van der Waals surface area contributed by atoms with Crippen molar-refractivity contribution >= 4 is 44.4 Å². The molecule has 12 nitrogen and oxygen atoms in total. The monoisotopic (exact) mass is 709 g/mol. The van der Waals surface area contributed by atoms with E-state index in [9.17, 15) is 32.7 Å². The summed E-state index contributed by atoms with van der Waals surface area (Å²) in [7, 11) is -3.85. The van der Waals surface area contributed by atoms with E-state index < -0.39 is 79.8 Å². The Hall–Kier alpha value is -3.84. The quantitative estimate of drug-likeness (QED) is 0.315. The molecule has 270 valence electrons. The smallest absolute Gasteiger partial charge is 0.306 e. The molecule has 50 heavy (non-hydrogen) atoms. The zero-order valence-electron chi connectivity index (χ0n) is 28.9. The number of aliphatic hydroxyl groups is 1. The minimum absolute atomic E-state index is 0.0252. The fourth-order valence-electron chi connectivity index (χ4n) is 7.34. The fourth-order valence-corrected chi connectivity index (χ4v) is 8.73. The van der Waals surface area contributed by atoms with Gasteiger partial charge < -0.3 is 19.5 Å². The number of pyridine rings is 1. The maximum atomic E-state index is 14.5. The van der Waals surface area contributed by atoms with Crippen molar-refractivity contribution in [3.8, 4) is 5.88 Å². The standard InChI is InChI=1S/C37H47N3O9S/c1-5-24-19-37(24,35(45)39-50(46,47)26-11-12-26)20-31(42)29-17-25-21-40(29)34(44)28(36(2,3)4)18-32(43)48-15-7-6-8-30(41)23-10-9-22-13-14-38-33(49-25)27(22)16-23/h5,9-10,13-14,16,24-26,28-30,41H,1,6-8,11-12,15,17-21H2,2-4H3,(H,39,45)/t24-,25+,28+,29?,30-,37+/m0/s1. The zero-order chi connectivity index (χ0) is 36.0. The van der Waals surface area contributed by atoms with Crippen molar-refractivity contribution in [3.63, 3.8) is 0 Å². The summed E-state index contributed by atoms with van der Waals surface area (Å²) in [5, 5.41) is 11.9. The molecule has 0 radical (unpaired) electrons. The van der Waals surface area contributed by atoms with Gasteiger partial charge in [0.25, 0.3) is 0 Å². The van der Waals surface area contributed by atoms with Gasteiger partial charge in [0.1, 0.15) is 6.10 Å². The van der Waals surface area contributed by atoms with Crippen molar-refractivity contribution in [3.05, 3.63) is 48.7 Å². The van der Waals surface area contributed by atoms with Crippen LogP contribution in [0.3, 0.4) is 0 Å².